The topological polar surface area (TPSA) is 45.9 Å². The average molecular weight is 224 g/mol. The first-order valence-corrected chi connectivity index (χ1v) is 5.29. The third-order valence-corrected chi connectivity index (χ3v) is 2.57. The Morgan fingerprint density at radius 3 is 2.59 bits per heavy atom. The fourth-order valence-electron chi connectivity index (χ4n) is 1.79. The van der Waals surface area contributed by atoms with Crippen LogP contribution in [0.25, 0.3) is 0 Å². The summed E-state index contributed by atoms with van der Waals surface area (Å²) < 4.78 is 5.47. The number of aromatic nitrogens is 1. The quantitative estimate of drug-likeness (QED) is 0.805. The van der Waals surface area contributed by atoms with Gasteiger partial charge in [-0.15, -0.1) is 0 Å². The molecular weight excluding hydrogens is 212 g/mol. The summed E-state index contributed by atoms with van der Waals surface area (Å²) in [6.07, 6.45) is 1.36. The number of nitriles is 1. The minimum atomic E-state index is -0.250. The lowest BCUT2D eigenvalue weighted by atomic mass is 10.0. The van der Waals surface area contributed by atoms with Gasteiger partial charge in [-0.25, -0.2) is 4.98 Å². The number of rotatable bonds is 3. The van der Waals surface area contributed by atoms with Gasteiger partial charge in [-0.05, 0) is 11.6 Å². The molecule has 84 valence electrons. The van der Waals surface area contributed by atoms with Gasteiger partial charge in [-0.1, -0.05) is 36.4 Å². The first-order valence-electron chi connectivity index (χ1n) is 5.29. The largest absolute Gasteiger partial charge is 0.372 e. The molecule has 0 fully saturated rings. The number of hydrogen-bond acceptors (Lipinski definition) is 3. The second kappa shape index (κ2) is 5.24. The molecule has 0 radical (unpaired) electrons. The van der Waals surface area contributed by atoms with Gasteiger partial charge in [0.25, 0.3) is 0 Å². The molecule has 0 spiro atoms. The van der Waals surface area contributed by atoms with Gasteiger partial charge in [0.1, 0.15) is 17.9 Å². The highest BCUT2D eigenvalue weighted by Crippen LogP contribution is 2.26. The van der Waals surface area contributed by atoms with Crippen LogP contribution in [0.5, 0.6) is 0 Å². The maximum Gasteiger partial charge on any atom is 0.146 e. The van der Waals surface area contributed by atoms with Gasteiger partial charge in [0.2, 0.25) is 0 Å². The Kier molecular flexibility index (Phi) is 3.49. The normalized spacial score (nSPS) is 11.8. The SMILES string of the molecule is COC(c1ccccc1)c1cccnc1C#N. The van der Waals surface area contributed by atoms with E-state index in [-0.39, 0.29) is 6.10 Å². The van der Waals surface area contributed by atoms with Crippen LogP contribution in [0.3, 0.4) is 0 Å². The zero-order valence-electron chi connectivity index (χ0n) is 9.50. The molecule has 1 atom stereocenters. The number of nitrogens with zero attached hydrogens (tertiary/aromatic N) is 2. The molecule has 0 aliphatic rings. The first-order chi connectivity index (χ1) is 8.36. The molecule has 0 aliphatic carbocycles. The van der Waals surface area contributed by atoms with Crippen molar-refractivity contribution in [3.63, 3.8) is 0 Å². The molecule has 17 heavy (non-hydrogen) atoms. The number of hydrogen-bond donors (Lipinski definition) is 0. The van der Waals surface area contributed by atoms with Gasteiger partial charge in [0.15, 0.2) is 0 Å². The molecule has 1 heterocycles. The summed E-state index contributed by atoms with van der Waals surface area (Å²) >= 11 is 0. The lowest BCUT2D eigenvalue weighted by molar-refractivity contribution is 0.136. The predicted octanol–water partition coefficient (Wildman–Crippen LogP) is 2.69. The summed E-state index contributed by atoms with van der Waals surface area (Å²) in [5.41, 5.74) is 2.21. The molecular formula is C14H12N2O. The smallest absolute Gasteiger partial charge is 0.146 e. The molecule has 3 heteroatoms. The van der Waals surface area contributed by atoms with Crippen molar-refractivity contribution in [1.82, 2.24) is 4.98 Å². The van der Waals surface area contributed by atoms with E-state index in [1.54, 1.807) is 13.3 Å². The van der Waals surface area contributed by atoms with Gasteiger partial charge in [0.05, 0.1) is 0 Å². The van der Waals surface area contributed by atoms with E-state index >= 15 is 0 Å². The van der Waals surface area contributed by atoms with Gasteiger partial charge in [-0.3, -0.25) is 0 Å². The first kappa shape index (κ1) is 11.3. The van der Waals surface area contributed by atoms with Crippen LogP contribution in [-0.2, 0) is 4.74 Å². The summed E-state index contributed by atoms with van der Waals surface area (Å²) in [6.45, 7) is 0. The molecule has 1 unspecified atom stereocenters. The number of ether oxygens (including phenoxy) is 1. The lowest BCUT2D eigenvalue weighted by Gasteiger charge is -2.16. The number of benzene rings is 1. The van der Waals surface area contributed by atoms with Crippen molar-refractivity contribution in [2.45, 2.75) is 6.10 Å². The minimum Gasteiger partial charge on any atom is -0.372 e. The molecule has 2 rings (SSSR count). The molecule has 0 aliphatic heterocycles. The van der Waals surface area contributed by atoms with Crippen LogP contribution in [0.15, 0.2) is 48.7 Å². The highest BCUT2D eigenvalue weighted by molar-refractivity contribution is 5.38. The second-order valence-electron chi connectivity index (χ2n) is 3.58. The van der Waals surface area contributed by atoms with Crippen LogP contribution in [-0.4, -0.2) is 12.1 Å². The standard InChI is InChI=1S/C14H12N2O/c1-17-14(11-6-3-2-4-7-11)12-8-5-9-16-13(12)10-15/h2-9,14H,1H3. The van der Waals surface area contributed by atoms with Crippen LogP contribution >= 0.6 is 0 Å². The zero-order chi connectivity index (χ0) is 12.1. The van der Waals surface area contributed by atoms with Crippen LogP contribution in [0, 0.1) is 11.3 Å². The Hall–Kier alpha value is -2.18. The Bertz CT molecular complexity index is 531. The monoisotopic (exact) mass is 224 g/mol. The molecule has 2 aromatic rings. The summed E-state index contributed by atoms with van der Waals surface area (Å²) in [5, 5.41) is 9.04. The molecule has 3 nitrogen and oxygen atoms in total. The van der Waals surface area contributed by atoms with Gasteiger partial charge >= 0.3 is 0 Å². The highest BCUT2D eigenvalue weighted by Gasteiger charge is 2.16. The molecule has 0 bridgehead atoms. The third-order valence-electron chi connectivity index (χ3n) is 2.57. The number of pyridine rings is 1. The van der Waals surface area contributed by atoms with Crippen molar-refractivity contribution in [3.05, 3.63) is 65.5 Å². The van der Waals surface area contributed by atoms with Crippen LogP contribution in [0.2, 0.25) is 0 Å². The molecule has 1 aromatic carbocycles. The summed E-state index contributed by atoms with van der Waals surface area (Å²) in [7, 11) is 1.63. The summed E-state index contributed by atoms with van der Waals surface area (Å²) in [5.74, 6) is 0. The fraction of sp³-hybridized carbons (Fsp3) is 0.143. The lowest BCUT2D eigenvalue weighted by Crippen LogP contribution is -2.06. The maximum atomic E-state index is 9.04. The van der Waals surface area contributed by atoms with Gasteiger partial charge in [-0.2, -0.15) is 5.26 Å². The Morgan fingerprint density at radius 1 is 1.18 bits per heavy atom. The maximum absolute atomic E-state index is 9.04. The third kappa shape index (κ3) is 2.32. The van der Waals surface area contributed by atoms with Crippen molar-refractivity contribution in [3.8, 4) is 6.07 Å². The highest BCUT2D eigenvalue weighted by atomic mass is 16.5. The van der Waals surface area contributed by atoms with Crippen molar-refractivity contribution >= 4 is 0 Å². The van der Waals surface area contributed by atoms with E-state index in [1.807, 2.05) is 42.5 Å². The summed E-state index contributed by atoms with van der Waals surface area (Å²) in [4.78, 5) is 4.05. The van der Waals surface area contributed by atoms with E-state index < -0.39 is 0 Å². The molecule has 0 saturated carbocycles. The molecule has 0 saturated heterocycles. The number of methoxy groups -OCH3 is 1. The van der Waals surface area contributed by atoms with Crippen molar-refractivity contribution in [2.75, 3.05) is 7.11 Å². The van der Waals surface area contributed by atoms with Crippen LogP contribution in [0.4, 0.5) is 0 Å². The van der Waals surface area contributed by atoms with E-state index in [0.717, 1.165) is 11.1 Å². The minimum absolute atomic E-state index is 0.250. The van der Waals surface area contributed by atoms with Crippen LogP contribution < -0.4 is 0 Å². The molecule has 1 aromatic heterocycles. The Balaban J connectivity index is 2.47. The van der Waals surface area contributed by atoms with Gasteiger partial charge < -0.3 is 4.74 Å². The average Bonchev–Trinajstić information content (AvgIpc) is 2.41. The van der Waals surface area contributed by atoms with E-state index in [4.69, 9.17) is 10.00 Å². The zero-order valence-corrected chi connectivity index (χ0v) is 9.50. The van der Waals surface area contributed by atoms with Crippen LogP contribution in [0.1, 0.15) is 22.9 Å². The van der Waals surface area contributed by atoms with E-state index in [0.29, 0.717) is 5.69 Å². The van der Waals surface area contributed by atoms with E-state index in [2.05, 4.69) is 11.1 Å². The van der Waals surface area contributed by atoms with Crippen molar-refractivity contribution in [1.29, 1.82) is 5.26 Å². The fourth-order valence-corrected chi connectivity index (χ4v) is 1.79. The van der Waals surface area contributed by atoms with Crippen molar-refractivity contribution in [2.24, 2.45) is 0 Å². The molecule has 0 amide bonds. The van der Waals surface area contributed by atoms with Crippen molar-refractivity contribution < 1.29 is 4.74 Å². The summed E-state index contributed by atoms with van der Waals surface area (Å²) in [6, 6.07) is 15.6. The Morgan fingerprint density at radius 2 is 1.94 bits per heavy atom. The second-order valence-corrected chi connectivity index (χ2v) is 3.58. The predicted molar refractivity (Wildman–Crippen MR) is 64.2 cm³/mol. The van der Waals surface area contributed by atoms with E-state index in [9.17, 15) is 0 Å². The molecule has 0 N–H and O–H groups in total. The Labute approximate surface area is 100 Å². The van der Waals surface area contributed by atoms with E-state index in [1.165, 1.54) is 0 Å². The van der Waals surface area contributed by atoms with Gasteiger partial charge in [0, 0.05) is 18.9 Å².